The van der Waals surface area contributed by atoms with E-state index in [9.17, 15) is 5.11 Å². The fourth-order valence-corrected chi connectivity index (χ4v) is 2.67. The summed E-state index contributed by atoms with van der Waals surface area (Å²) in [5, 5.41) is 17.3. The summed E-state index contributed by atoms with van der Waals surface area (Å²) in [6.07, 6.45) is 0.937. The van der Waals surface area contributed by atoms with Crippen LogP contribution in [-0.4, -0.2) is 30.7 Å². The highest BCUT2D eigenvalue weighted by molar-refractivity contribution is 5.79. The molecule has 0 heterocycles. The standard InChI is InChI=1S/C21H29N3O/c1-4-22-20(23-15-14-18-11-9-8-10-17(18)2)24-16-21(3,25)19-12-6-5-7-13-19/h5-13,25H,4,14-16H2,1-3H3,(H2,22,23,24). The third-order valence-electron chi connectivity index (χ3n) is 4.23. The van der Waals surface area contributed by atoms with E-state index in [1.54, 1.807) is 6.92 Å². The summed E-state index contributed by atoms with van der Waals surface area (Å²) in [7, 11) is 0. The summed E-state index contributed by atoms with van der Waals surface area (Å²) >= 11 is 0. The summed E-state index contributed by atoms with van der Waals surface area (Å²) in [5.74, 6) is 0.729. The molecule has 4 nitrogen and oxygen atoms in total. The number of nitrogens with zero attached hydrogens (tertiary/aromatic N) is 1. The highest BCUT2D eigenvalue weighted by Crippen LogP contribution is 2.20. The molecule has 0 fully saturated rings. The number of nitrogens with one attached hydrogen (secondary N) is 2. The zero-order valence-electron chi connectivity index (χ0n) is 15.4. The van der Waals surface area contributed by atoms with Crippen LogP contribution in [0, 0.1) is 6.92 Å². The molecule has 0 aliphatic carbocycles. The van der Waals surface area contributed by atoms with Gasteiger partial charge < -0.3 is 15.7 Å². The molecule has 0 bridgehead atoms. The molecule has 1 unspecified atom stereocenters. The highest BCUT2D eigenvalue weighted by atomic mass is 16.3. The summed E-state index contributed by atoms with van der Waals surface area (Å²) in [4.78, 5) is 4.56. The second-order valence-corrected chi connectivity index (χ2v) is 6.44. The molecule has 2 aromatic rings. The maximum Gasteiger partial charge on any atom is 0.191 e. The maximum atomic E-state index is 10.7. The Hall–Kier alpha value is -2.33. The van der Waals surface area contributed by atoms with E-state index in [1.165, 1.54) is 11.1 Å². The zero-order valence-corrected chi connectivity index (χ0v) is 15.4. The molecule has 2 rings (SSSR count). The zero-order chi connectivity index (χ0) is 18.1. The largest absolute Gasteiger partial charge is 0.384 e. The third kappa shape index (κ3) is 5.91. The Morgan fingerprint density at radius 3 is 2.40 bits per heavy atom. The average Bonchev–Trinajstić information content (AvgIpc) is 2.62. The second kappa shape index (κ2) is 9.23. The Morgan fingerprint density at radius 2 is 1.72 bits per heavy atom. The Kier molecular flexibility index (Phi) is 7.02. The van der Waals surface area contributed by atoms with Crippen LogP contribution in [0.25, 0.3) is 0 Å². The monoisotopic (exact) mass is 339 g/mol. The molecule has 0 radical (unpaired) electrons. The van der Waals surface area contributed by atoms with Crippen LogP contribution in [0.5, 0.6) is 0 Å². The van der Waals surface area contributed by atoms with Crippen molar-refractivity contribution >= 4 is 5.96 Å². The van der Waals surface area contributed by atoms with Crippen molar-refractivity contribution in [1.82, 2.24) is 10.6 Å². The van der Waals surface area contributed by atoms with Gasteiger partial charge in [-0.05, 0) is 43.9 Å². The number of aliphatic hydroxyl groups is 1. The Labute approximate surface area is 151 Å². The number of hydrogen-bond donors (Lipinski definition) is 3. The number of aryl methyl sites for hydroxylation is 1. The molecule has 134 valence electrons. The Morgan fingerprint density at radius 1 is 1.04 bits per heavy atom. The average molecular weight is 339 g/mol. The summed E-state index contributed by atoms with van der Waals surface area (Å²) in [6, 6.07) is 18.1. The van der Waals surface area contributed by atoms with Crippen LogP contribution in [0.4, 0.5) is 0 Å². The highest BCUT2D eigenvalue weighted by Gasteiger charge is 2.22. The van der Waals surface area contributed by atoms with E-state index in [1.807, 2.05) is 37.3 Å². The van der Waals surface area contributed by atoms with Gasteiger partial charge in [-0.2, -0.15) is 0 Å². The lowest BCUT2D eigenvalue weighted by molar-refractivity contribution is 0.0672. The molecule has 2 aromatic carbocycles. The minimum atomic E-state index is -0.986. The van der Waals surface area contributed by atoms with E-state index in [-0.39, 0.29) is 0 Å². The number of aliphatic imine (C=N–C) groups is 1. The van der Waals surface area contributed by atoms with E-state index in [0.717, 1.165) is 31.0 Å². The molecule has 0 aliphatic rings. The predicted octanol–water partition coefficient (Wildman–Crippen LogP) is 3.00. The van der Waals surface area contributed by atoms with E-state index >= 15 is 0 Å². The van der Waals surface area contributed by atoms with E-state index in [0.29, 0.717) is 6.54 Å². The van der Waals surface area contributed by atoms with Crippen LogP contribution in [0.2, 0.25) is 0 Å². The van der Waals surface area contributed by atoms with Crippen molar-refractivity contribution in [2.75, 3.05) is 19.6 Å². The van der Waals surface area contributed by atoms with Crippen molar-refractivity contribution in [3.8, 4) is 0 Å². The quantitative estimate of drug-likeness (QED) is 0.537. The van der Waals surface area contributed by atoms with Gasteiger partial charge in [-0.25, -0.2) is 4.99 Å². The number of rotatable bonds is 7. The van der Waals surface area contributed by atoms with Gasteiger partial charge in [0.25, 0.3) is 0 Å². The topological polar surface area (TPSA) is 56.7 Å². The molecule has 0 aliphatic heterocycles. The maximum absolute atomic E-state index is 10.7. The summed E-state index contributed by atoms with van der Waals surface area (Å²) < 4.78 is 0. The van der Waals surface area contributed by atoms with Gasteiger partial charge in [0.2, 0.25) is 0 Å². The van der Waals surface area contributed by atoms with Crippen molar-refractivity contribution < 1.29 is 5.11 Å². The van der Waals surface area contributed by atoms with Crippen LogP contribution in [0.1, 0.15) is 30.5 Å². The minimum absolute atomic E-state index is 0.302. The van der Waals surface area contributed by atoms with Crippen molar-refractivity contribution in [1.29, 1.82) is 0 Å². The lowest BCUT2D eigenvalue weighted by atomic mass is 9.96. The van der Waals surface area contributed by atoms with Crippen LogP contribution in [-0.2, 0) is 12.0 Å². The number of hydrogen-bond acceptors (Lipinski definition) is 2. The molecule has 0 amide bonds. The number of guanidine groups is 1. The van der Waals surface area contributed by atoms with Crippen molar-refractivity contribution in [3.63, 3.8) is 0 Å². The van der Waals surface area contributed by atoms with Gasteiger partial charge in [0.05, 0.1) is 6.54 Å². The SMILES string of the molecule is CCNC(=NCC(C)(O)c1ccccc1)NCCc1ccccc1C. The van der Waals surface area contributed by atoms with Crippen molar-refractivity contribution in [2.45, 2.75) is 32.8 Å². The lowest BCUT2D eigenvalue weighted by Crippen LogP contribution is -2.39. The third-order valence-corrected chi connectivity index (χ3v) is 4.23. The first-order valence-corrected chi connectivity index (χ1v) is 8.87. The first kappa shape index (κ1) is 19.0. The molecule has 1 atom stereocenters. The van der Waals surface area contributed by atoms with Gasteiger partial charge in [-0.15, -0.1) is 0 Å². The lowest BCUT2D eigenvalue weighted by Gasteiger charge is -2.22. The first-order chi connectivity index (χ1) is 12.0. The normalized spacial score (nSPS) is 14.0. The number of benzene rings is 2. The van der Waals surface area contributed by atoms with Gasteiger partial charge in [-0.3, -0.25) is 0 Å². The molecule has 3 N–H and O–H groups in total. The molecular weight excluding hydrogens is 310 g/mol. The van der Waals surface area contributed by atoms with E-state index < -0.39 is 5.60 Å². The predicted molar refractivity (Wildman–Crippen MR) is 105 cm³/mol. The smallest absolute Gasteiger partial charge is 0.191 e. The van der Waals surface area contributed by atoms with Gasteiger partial charge in [-0.1, -0.05) is 54.6 Å². The first-order valence-electron chi connectivity index (χ1n) is 8.87. The molecule has 0 saturated carbocycles. The van der Waals surface area contributed by atoms with E-state index in [4.69, 9.17) is 0 Å². The Bertz CT molecular complexity index is 681. The van der Waals surface area contributed by atoms with Gasteiger partial charge in [0.1, 0.15) is 5.60 Å². The van der Waals surface area contributed by atoms with Crippen molar-refractivity contribution in [3.05, 3.63) is 71.3 Å². The Balaban J connectivity index is 1.95. The van der Waals surface area contributed by atoms with Gasteiger partial charge >= 0.3 is 0 Å². The van der Waals surface area contributed by atoms with Gasteiger partial charge in [0.15, 0.2) is 5.96 Å². The molecule has 4 heteroatoms. The van der Waals surface area contributed by atoms with Gasteiger partial charge in [0, 0.05) is 13.1 Å². The minimum Gasteiger partial charge on any atom is -0.384 e. The summed E-state index contributed by atoms with van der Waals surface area (Å²) in [5.41, 5.74) is 2.52. The molecule has 25 heavy (non-hydrogen) atoms. The fourth-order valence-electron chi connectivity index (χ4n) is 2.67. The van der Waals surface area contributed by atoms with Crippen LogP contribution < -0.4 is 10.6 Å². The summed E-state index contributed by atoms with van der Waals surface area (Å²) in [6.45, 7) is 7.84. The molecule has 0 aromatic heterocycles. The van der Waals surface area contributed by atoms with Crippen molar-refractivity contribution in [2.24, 2.45) is 4.99 Å². The van der Waals surface area contributed by atoms with Crippen LogP contribution >= 0.6 is 0 Å². The molecule has 0 spiro atoms. The molecular formula is C21H29N3O. The fraction of sp³-hybridized carbons (Fsp3) is 0.381. The van der Waals surface area contributed by atoms with Crippen LogP contribution in [0.3, 0.4) is 0 Å². The second-order valence-electron chi connectivity index (χ2n) is 6.44. The van der Waals surface area contributed by atoms with Crippen LogP contribution in [0.15, 0.2) is 59.6 Å². The molecule has 0 saturated heterocycles. The van der Waals surface area contributed by atoms with E-state index in [2.05, 4.69) is 46.8 Å².